The number of benzene rings is 1. The lowest BCUT2D eigenvalue weighted by molar-refractivity contribution is 0.622. The number of nitrogens with zero attached hydrogens (tertiary/aromatic N) is 4. The molecule has 0 aliphatic rings. The summed E-state index contributed by atoms with van der Waals surface area (Å²) >= 11 is 5.97. The van der Waals surface area contributed by atoms with Crippen LogP contribution in [0.15, 0.2) is 18.2 Å². The van der Waals surface area contributed by atoms with E-state index in [1.54, 1.807) is 7.05 Å². The molecule has 2 aromatic rings. The van der Waals surface area contributed by atoms with E-state index in [-0.39, 0.29) is 6.04 Å². The van der Waals surface area contributed by atoms with Gasteiger partial charge in [-0.05, 0) is 29.3 Å². The van der Waals surface area contributed by atoms with Gasteiger partial charge in [0.15, 0.2) is 5.82 Å². The summed E-state index contributed by atoms with van der Waals surface area (Å²) in [5.41, 5.74) is 8.14. The number of aromatic nitrogens is 4. The largest absolute Gasteiger partial charge is 0.324 e. The number of nitrogens with two attached hydrogens (primary N) is 1. The number of tetrazole rings is 1. The van der Waals surface area contributed by atoms with Crippen LogP contribution in [0.25, 0.3) is 0 Å². The lowest BCUT2D eigenvalue weighted by Gasteiger charge is -2.11. The van der Waals surface area contributed by atoms with E-state index in [0.29, 0.717) is 12.2 Å². The Morgan fingerprint density at radius 2 is 2.24 bits per heavy atom. The number of rotatable bonds is 3. The lowest BCUT2D eigenvalue weighted by Crippen LogP contribution is -2.14. The second kappa shape index (κ2) is 4.81. The van der Waals surface area contributed by atoms with Crippen LogP contribution in [0, 0.1) is 6.92 Å². The summed E-state index contributed by atoms with van der Waals surface area (Å²) < 4.78 is 0. The monoisotopic (exact) mass is 251 g/mol. The molecule has 90 valence electrons. The van der Waals surface area contributed by atoms with E-state index in [9.17, 15) is 0 Å². The molecular weight excluding hydrogens is 238 g/mol. The number of aryl methyl sites for hydroxylation is 2. The predicted octanol–water partition coefficient (Wildman–Crippen LogP) is 1.41. The van der Waals surface area contributed by atoms with E-state index in [1.807, 2.05) is 25.1 Å². The molecule has 1 atom stereocenters. The fourth-order valence-corrected chi connectivity index (χ4v) is 1.74. The van der Waals surface area contributed by atoms with Crippen molar-refractivity contribution < 1.29 is 0 Å². The van der Waals surface area contributed by atoms with Crippen LogP contribution in [-0.2, 0) is 13.5 Å². The van der Waals surface area contributed by atoms with E-state index < -0.39 is 0 Å². The normalized spacial score (nSPS) is 12.7. The molecule has 0 fully saturated rings. The molecule has 1 heterocycles. The van der Waals surface area contributed by atoms with Crippen molar-refractivity contribution in [2.45, 2.75) is 19.4 Å². The number of halogens is 1. The Labute approximate surface area is 105 Å². The zero-order valence-corrected chi connectivity index (χ0v) is 10.5. The van der Waals surface area contributed by atoms with Gasteiger partial charge in [-0.15, -0.1) is 10.2 Å². The van der Waals surface area contributed by atoms with Crippen LogP contribution in [0.3, 0.4) is 0 Å². The van der Waals surface area contributed by atoms with Gasteiger partial charge in [-0.2, -0.15) is 4.80 Å². The molecule has 0 radical (unpaired) electrons. The summed E-state index contributed by atoms with van der Waals surface area (Å²) in [5, 5.41) is 12.5. The third kappa shape index (κ3) is 2.81. The second-order valence-corrected chi connectivity index (χ2v) is 4.42. The SMILES string of the molecule is Cc1cc(C(N)Cc2nnn(C)n2)ccc1Cl. The molecule has 5 nitrogen and oxygen atoms in total. The maximum absolute atomic E-state index is 6.10. The van der Waals surface area contributed by atoms with Gasteiger partial charge in [-0.3, -0.25) is 0 Å². The zero-order valence-electron chi connectivity index (χ0n) is 9.76. The lowest BCUT2D eigenvalue weighted by atomic mass is 10.0. The molecule has 0 saturated carbocycles. The molecule has 1 unspecified atom stereocenters. The average molecular weight is 252 g/mol. The van der Waals surface area contributed by atoms with Gasteiger partial charge >= 0.3 is 0 Å². The van der Waals surface area contributed by atoms with E-state index in [4.69, 9.17) is 17.3 Å². The van der Waals surface area contributed by atoms with Crippen molar-refractivity contribution in [2.24, 2.45) is 12.8 Å². The molecule has 0 aliphatic carbocycles. The van der Waals surface area contributed by atoms with Crippen molar-refractivity contribution in [2.75, 3.05) is 0 Å². The van der Waals surface area contributed by atoms with Gasteiger partial charge in [0.1, 0.15) is 0 Å². The summed E-state index contributed by atoms with van der Waals surface area (Å²) in [6.45, 7) is 1.96. The first kappa shape index (κ1) is 12.0. The fourth-order valence-electron chi connectivity index (χ4n) is 1.62. The predicted molar refractivity (Wildman–Crippen MR) is 65.6 cm³/mol. The van der Waals surface area contributed by atoms with Crippen LogP contribution in [0.1, 0.15) is 23.0 Å². The van der Waals surface area contributed by atoms with Gasteiger partial charge in [0.2, 0.25) is 0 Å². The highest BCUT2D eigenvalue weighted by molar-refractivity contribution is 6.31. The van der Waals surface area contributed by atoms with E-state index in [1.165, 1.54) is 4.80 Å². The minimum absolute atomic E-state index is 0.143. The van der Waals surface area contributed by atoms with Crippen LogP contribution < -0.4 is 5.73 Å². The number of hydrogen-bond donors (Lipinski definition) is 1. The van der Waals surface area contributed by atoms with Crippen LogP contribution in [0.5, 0.6) is 0 Å². The van der Waals surface area contributed by atoms with Gasteiger partial charge in [-0.1, -0.05) is 23.7 Å². The van der Waals surface area contributed by atoms with Gasteiger partial charge in [0.05, 0.1) is 7.05 Å². The molecule has 2 N–H and O–H groups in total. The van der Waals surface area contributed by atoms with Crippen molar-refractivity contribution >= 4 is 11.6 Å². The molecular formula is C11H14ClN5. The fraction of sp³-hybridized carbons (Fsp3) is 0.364. The molecule has 0 amide bonds. The first-order valence-corrected chi connectivity index (χ1v) is 5.68. The molecule has 0 spiro atoms. The molecule has 0 saturated heterocycles. The maximum atomic E-state index is 6.10. The number of hydrogen-bond acceptors (Lipinski definition) is 4. The smallest absolute Gasteiger partial charge is 0.176 e. The average Bonchev–Trinajstić information content (AvgIpc) is 2.68. The Hall–Kier alpha value is -1.46. The van der Waals surface area contributed by atoms with Gasteiger partial charge < -0.3 is 5.73 Å². The molecule has 0 aliphatic heterocycles. The first-order chi connectivity index (χ1) is 8.06. The maximum Gasteiger partial charge on any atom is 0.176 e. The summed E-state index contributed by atoms with van der Waals surface area (Å²) in [6, 6.07) is 5.63. The van der Waals surface area contributed by atoms with Gasteiger partial charge in [-0.25, -0.2) is 0 Å². The summed E-state index contributed by atoms with van der Waals surface area (Å²) in [7, 11) is 1.73. The Kier molecular flexibility index (Phi) is 3.40. The van der Waals surface area contributed by atoms with Crippen LogP contribution in [0.4, 0.5) is 0 Å². The van der Waals surface area contributed by atoms with Crippen LogP contribution >= 0.6 is 11.6 Å². The minimum atomic E-state index is -0.143. The molecule has 2 rings (SSSR count). The Morgan fingerprint density at radius 1 is 1.47 bits per heavy atom. The molecule has 6 heteroatoms. The Morgan fingerprint density at radius 3 is 2.82 bits per heavy atom. The summed E-state index contributed by atoms with van der Waals surface area (Å²) in [4.78, 5) is 1.43. The van der Waals surface area contributed by atoms with Crippen LogP contribution in [0.2, 0.25) is 5.02 Å². The first-order valence-electron chi connectivity index (χ1n) is 5.31. The van der Waals surface area contributed by atoms with Crippen molar-refractivity contribution in [3.05, 3.63) is 40.2 Å². The molecule has 17 heavy (non-hydrogen) atoms. The zero-order chi connectivity index (χ0) is 12.4. The van der Waals surface area contributed by atoms with Gasteiger partial charge in [0.25, 0.3) is 0 Å². The molecule has 1 aromatic heterocycles. The highest BCUT2D eigenvalue weighted by atomic mass is 35.5. The quantitative estimate of drug-likeness (QED) is 0.896. The summed E-state index contributed by atoms with van der Waals surface area (Å²) in [5.74, 6) is 0.646. The highest BCUT2D eigenvalue weighted by Crippen LogP contribution is 2.21. The Bertz CT molecular complexity index is 522. The van der Waals surface area contributed by atoms with Crippen molar-refractivity contribution in [3.8, 4) is 0 Å². The Balaban J connectivity index is 2.14. The molecule has 1 aromatic carbocycles. The minimum Gasteiger partial charge on any atom is -0.324 e. The van der Waals surface area contributed by atoms with Crippen LogP contribution in [-0.4, -0.2) is 20.2 Å². The van der Waals surface area contributed by atoms with E-state index >= 15 is 0 Å². The van der Waals surface area contributed by atoms with Crippen molar-refractivity contribution in [3.63, 3.8) is 0 Å². The topological polar surface area (TPSA) is 69.6 Å². The third-order valence-corrected chi connectivity index (χ3v) is 2.99. The second-order valence-electron chi connectivity index (χ2n) is 4.01. The summed E-state index contributed by atoms with van der Waals surface area (Å²) in [6.07, 6.45) is 0.564. The van der Waals surface area contributed by atoms with E-state index in [2.05, 4.69) is 15.4 Å². The molecule has 0 bridgehead atoms. The van der Waals surface area contributed by atoms with Crippen molar-refractivity contribution in [1.82, 2.24) is 20.2 Å². The van der Waals surface area contributed by atoms with Crippen molar-refractivity contribution in [1.29, 1.82) is 0 Å². The third-order valence-electron chi connectivity index (χ3n) is 2.56. The highest BCUT2D eigenvalue weighted by Gasteiger charge is 2.11. The van der Waals surface area contributed by atoms with E-state index in [0.717, 1.165) is 16.1 Å². The van der Waals surface area contributed by atoms with Gasteiger partial charge in [0, 0.05) is 17.5 Å². The standard InChI is InChI=1S/C11H14ClN5/c1-7-5-8(3-4-9(7)12)10(13)6-11-14-16-17(2)15-11/h3-5,10H,6,13H2,1-2H3.